The van der Waals surface area contributed by atoms with Gasteiger partial charge in [0.25, 0.3) is 0 Å². The highest BCUT2D eigenvalue weighted by atomic mass is 32.2. The Hall–Kier alpha value is -2.95. The number of amides is 3. The molecule has 2 atom stereocenters. The van der Waals surface area contributed by atoms with Crippen LogP contribution in [0.3, 0.4) is 0 Å². The monoisotopic (exact) mass is 581 g/mol. The maximum atomic E-state index is 14.1. The Kier molecular flexibility index (Phi) is 16.1. The van der Waals surface area contributed by atoms with E-state index in [1.807, 2.05) is 6.26 Å². The molecule has 0 fully saturated rings. The average Bonchev–Trinajstić information content (AvgIpc) is 2.89. The van der Waals surface area contributed by atoms with Crippen LogP contribution in [0.4, 0.5) is 4.79 Å². The predicted molar refractivity (Wildman–Crippen MR) is 157 cm³/mol. The maximum absolute atomic E-state index is 14.1. The van der Waals surface area contributed by atoms with Gasteiger partial charge in [-0.2, -0.15) is 11.8 Å². The summed E-state index contributed by atoms with van der Waals surface area (Å²) < 4.78 is 10.1. The predicted octanol–water partition coefficient (Wildman–Crippen LogP) is 4.56. The van der Waals surface area contributed by atoms with E-state index in [0.717, 1.165) is 32.1 Å². The first-order valence-electron chi connectivity index (χ1n) is 13.9. The van der Waals surface area contributed by atoms with E-state index in [1.54, 1.807) is 32.9 Å². The number of hydrogen-bond donors (Lipinski definition) is 3. The molecule has 0 aliphatic heterocycles. The number of benzene rings is 1. The van der Waals surface area contributed by atoms with Crippen LogP contribution in [0.15, 0.2) is 24.3 Å². The SMILES string of the molecule is CCCCCCCCN(C(=O)C(CCSC)NC(=O)OC(C)(C)C)C(C(=O)NCC(=O)OC)c1cccc(O)c1. The summed E-state index contributed by atoms with van der Waals surface area (Å²) in [5.41, 5.74) is -0.379. The molecule has 0 aliphatic rings. The molecular formula is C29H47N3O7S. The molecule has 0 spiro atoms. The first kappa shape index (κ1) is 35.1. The summed E-state index contributed by atoms with van der Waals surface area (Å²) in [7, 11) is 1.22. The summed E-state index contributed by atoms with van der Waals surface area (Å²) in [6.45, 7) is 7.21. The van der Waals surface area contributed by atoms with Crippen LogP contribution in [0, 0.1) is 0 Å². The fraction of sp³-hybridized carbons (Fsp3) is 0.655. The second kappa shape index (κ2) is 18.4. The molecule has 0 saturated heterocycles. The molecule has 1 aromatic carbocycles. The number of unbranched alkanes of at least 4 members (excludes halogenated alkanes) is 5. The molecular weight excluding hydrogens is 534 g/mol. The van der Waals surface area contributed by atoms with Crippen LogP contribution >= 0.6 is 11.8 Å². The zero-order chi connectivity index (χ0) is 30.1. The highest BCUT2D eigenvalue weighted by Crippen LogP contribution is 2.27. The van der Waals surface area contributed by atoms with Gasteiger partial charge in [0.15, 0.2) is 0 Å². The van der Waals surface area contributed by atoms with Gasteiger partial charge in [0.05, 0.1) is 7.11 Å². The third kappa shape index (κ3) is 13.4. The molecule has 226 valence electrons. The molecule has 11 heteroatoms. The number of methoxy groups -OCH3 is 1. The van der Waals surface area contributed by atoms with Gasteiger partial charge in [-0.05, 0) is 63.3 Å². The number of carbonyl (C=O) groups is 4. The van der Waals surface area contributed by atoms with E-state index in [9.17, 15) is 24.3 Å². The summed E-state index contributed by atoms with van der Waals surface area (Å²) in [4.78, 5) is 53.5. The zero-order valence-electron chi connectivity index (χ0n) is 24.8. The second-order valence-corrected chi connectivity index (χ2v) is 11.6. The summed E-state index contributed by atoms with van der Waals surface area (Å²) in [5.74, 6) is -1.17. The lowest BCUT2D eigenvalue weighted by atomic mass is 10.0. The molecule has 40 heavy (non-hydrogen) atoms. The highest BCUT2D eigenvalue weighted by Gasteiger charge is 2.36. The topological polar surface area (TPSA) is 134 Å². The summed E-state index contributed by atoms with van der Waals surface area (Å²) in [5, 5.41) is 15.4. The minimum Gasteiger partial charge on any atom is -0.508 e. The van der Waals surface area contributed by atoms with Gasteiger partial charge in [0.1, 0.15) is 30.0 Å². The number of hydrogen-bond acceptors (Lipinski definition) is 8. The molecule has 3 N–H and O–H groups in total. The van der Waals surface area contributed by atoms with Gasteiger partial charge in [-0.3, -0.25) is 14.4 Å². The van der Waals surface area contributed by atoms with Crippen LogP contribution in [0.5, 0.6) is 5.75 Å². The quantitative estimate of drug-likeness (QED) is 0.180. The van der Waals surface area contributed by atoms with E-state index in [1.165, 1.54) is 35.9 Å². The Morgan fingerprint density at radius 2 is 1.75 bits per heavy atom. The van der Waals surface area contributed by atoms with E-state index in [-0.39, 0.29) is 18.8 Å². The van der Waals surface area contributed by atoms with Crippen molar-refractivity contribution < 1.29 is 33.8 Å². The summed E-state index contributed by atoms with van der Waals surface area (Å²) >= 11 is 1.53. The Bertz CT molecular complexity index is 952. The molecule has 0 aliphatic carbocycles. The molecule has 10 nitrogen and oxygen atoms in total. The molecule has 3 amide bonds. The van der Waals surface area contributed by atoms with Crippen molar-refractivity contribution in [2.24, 2.45) is 0 Å². The van der Waals surface area contributed by atoms with Crippen molar-refractivity contribution >= 4 is 35.6 Å². The van der Waals surface area contributed by atoms with Gasteiger partial charge in [0, 0.05) is 6.54 Å². The van der Waals surface area contributed by atoms with Gasteiger partial charge in [-0.15, -0.1) is 0 Å². The lowest BCUT2D eigenvalue weighted by Crippen LogP contribution is -2.53. The Balaban J connectivity index is 3.42. The van der Waals surface area contributed by atoms with Crippen LogP contribution in [0.1, 0.15) is 84.2 Å². The zero-order valence-corrected chi connectivity index (χ0v) is 25.6. The summed E-state index contributed by atoms with van der Waals surface area (Å²) in [6, 6.07) is 4.01. The van der Waals surface area contributed by atoms with Crippen molar-refractivity contribution in [1.82, 2.24) is 15.5 Å². The number of phenolic OH excluding ortho intramolecular Hbond substituents is 1. The van der Waals surface area contributed by atoms with Crippen molar-refractivity contribution in [2.45, 2.75) is 90.3 Å². The number of thioether (sulfide) groups is 1. The van der Waals surface area contributed by atoms with E-state index in [0.29, 0.717) is 24.2 Å². The van der Waals surface area contributed by atoms with Crippen molar-refractivity contribution in [1.29, 1.82) is 0 Å². The Labute approximate surface area is 242 Å². The highest BCUT2D eigenvalue weighted by molar-refractivity contribution is 7.98. The van der Waals surface area contributed by atoms with Crippen LogP contribution in [-0.4, -0.2) is 77.7 Å². The largest absolute Gasteiger partial charge is 0.508 e. The van der Waals surface area contributed by atoms with Gasteiger partial charge in [-0.1, -0.05) is 51.2 Å². The van der Waals surface area contributed by atoms with Crippen molar-refractivity contribution in [3.05, 3.63) is 29.8 Å². The second-order valence-electron chi connectivity index (χ2n) is 10.6. The number of rotatable bonds is 17. The molecule has 0 aromatic heterocycles. The minimum atomic E-state index is -1.16. The first-order valence-corrected chi connectivity index (χ1v) is 15.2. The number of ether oxygens (including phenoxy) is 2. The number of nitrogens with zero attached hydrogens (tertiary/aromatic N) is 1. The smallest absolute Gasteiger partial charge is 0.408 e. The van der Waals surface area contributed by atoms with Crippen LogP contribution in [0.2, 0.25) is 0 Å². The lowest BCUT2D eigenvalue weighted by molar-refractivity contribution is -0.144. The molecule has 2 unspecified atom stereocenters. The number of alkyl carbamates (subject to hydrolysis) is 1. The normalized spacial score (nSPS) is 12.7. The minimum absolute atomic E-state index is 0.0685. The standard InChI is InChI=1S/C29H47N3O7S/c1-7-8-9-10-11-12-17-32(27(36)23(16-18-40-6)31-28(37)39-29(2,3)4)25(21-14-13-15-22(33)19-21)26(35)30-20-24(34)38-5/h13-15,19,23,25,33H,7-12,16-18,20H2,1-6H3,(H,30,35)(H,31,37). The molecule has 0 bridgehead atoms. The number of esters is 1. The van der Waals surface area contributed by atoms with Crippen molar-refractivity contribution in [3.63, 3.8) is 0 Å². The van der Waals surface area contributed by atoms with Gasteiger partial charge >= 0.3 is 12.1 Å². The number of nitrogens with one attached hydrogen (secondary N) is 2. The fourth-order valence-corrected chi connectivity index (χ4v) is 4.54. The van der Waals surface area contributed by atoms with Crippen LogP contribution in [-0.2, 0) is 23.9 Å². The van der Waals surface area contributed by atoms with E-state index < -0.39 is 41.6 Å². The number of carbonyl (C=O) groups excluding carboxylic acids is 4. The van der Waals surface area contributed by atoms with Gasteiger partial charge in [0.2, 0.25) is 11.8 Å². The van der Waals surface area contributed by atoms with E-state index >= 15 is 0 Å². The third-order valence-electron chi connectivity index (χ3n) is 6.02. The Morgan fingerprint density at radius 3 is 2.35 bits per heavy atom. The van der Waals surface area contributed by atoms with Crippen LogP contribution < -0.4 is 10.6 Å². The number of phenols is 1. The fourth-order valence-electron chi connectivity index (χ4n) is 4.07. The average molecular weight is 582 g/mol. The third-order valence-corrected chi connectivity index (χ3v) is 6.66. The molecule has 0 radical (unpaired) electrons. The van der Waals surface area contributed by atoms with Crippen molar-refractivity contribution in [2.75, 3.05) is 32.2 Å². The molecule has 0 saturated carbocycles. The molecule has 0 heterocycles. The molecule has 1 aromatic rings. The summed E-state index contributed by atoms with van der Waals surface area (Å²) in [6.07, 6.45) is 7.30. The van der Waals surface area contributed by atoms with Crippen LogP contribution in [0.25, 0.3) is 0 Å². The maximum Gasteiger partial charge on any atom is 0.408 e. The van der Waals surface area contributed by atoms with Gasteiger partial charge < -0.3 is 30.1 Å². The van der Waals surface area contributed by atoms with Gasteiger partial charge in [-0.25, -0.2) is 4.79 Å². The number of aromatic hydroxyl groups is 1. The van der Waals surface area contributed by atoms with E-state index in [4.69, 9.17) is 4.74 Å². The first-order chi connectivity index (χ1) is 18.9. The molecule has 1 rings (SSSR count). The lowest BCUT2D eigenvalue weighted by Gasteiger charge is -2.34. The van der Waals surface area contributed by atoms with E-state index in [2.05, 4.69) is 22.3 Å². The Morgan fingerprint density at radius 1 is 1.07 bits per heavy atom. The van der Waals surface area contributed by atoms with Crippen molar-refractivity contribution in [3.8, 4) is 5.75 Å².